The molecule has 2 aromatic rings. The highest BCUT2D eigenvalue weighted by atomic mass is 35.5. The fraction of sp³-hybridized carbons (Fsp3) is 0.167. The third-order valence-corrected chi connectivity index (χ3v) is 2.92. The van der Waals surface area contributed by atoms with Crippen LogP contribution >= 0.6 is 11.6 Å². The van der Waals surface area contributed by atoms with E-state index in [2.05, 4.69) is 4.98 Å². The summed E-state index contributed by atoms with van der Waals surface area (Å²) in [5.74, 6) is 0.646. The number of aromatic amines is 1. The van der Waals surface area contributed by atoms with Gasteiger partial charge >= 0.3 is 5.69 Å². The summed E-state index contributed by atoms with van der Waals surface area (Å²) in [6.07, 6.45) is 0. The van der Waals surface area contributed by atoms with E-state index in [1.807, 2.05) is 0 Å². The Morgan fingerprint density at radius 3 is 2.68 bits per heavy atom. The Labute approximate surface area is 113 Å². The number of nitrogens with one attached hydrogen (secondary N) is 1. The maximum absolute atomic E-state index is 11.6. The van der Waals surface area contributed by atoms with Crippen molar-refractivity contribution in [1.29, 1.82) is 0 Å². The largest absolute Gasteiger partial charge is 0.495 e. The summed E-state index contributed by atoms with van der Waals surface area (Å²) in [5.41, 5.74) is 5.34. The number of methoxy groups -OCH3 is 1. The number of hydrogen-bond donors (Lipinski definition) is 2. The maximum atomic E-state index is 11.6. The lowest BCUT2D eigenvalue weighted by molar-refractivity contribution is 0.415. The van der Waals surface area contributed by atoms with Gasteiger partial charge in [0.05, 0.1) is 18.7 Å². The van der Waals surface area contributed by atoms with Crippen LogP contribution in [0.1, 0.15) is 5.56 Å². The molecule has 1 aromatic carbocycles. The molecule has 0 fully saturated rings. The van der Waals surface area contributed by atoms with E-state index in [1.165, 1.54) is 11.7 Å². The van der Waals surface area contributed by atoms with Gasteiger partial charge in [0.15, 0.2) is 0 Å². The summed E-state index contributed by atoms with van der Waals surface area (Å²) in [5, 5.41) is 0.441. The van der Waals surface area contributed by atoms with E-state index in [-0.39, 0.29) is 12.4 Å². The summed E-state index contributed by atoms with van der Waals surface area (Å²) >= 11 is 6.00. The zero-order valence-electron chi connectivity index (χ0n) is 10.1. The van der Waals surface area contributed by atoms with Crippen LogP contribution in [0.3, 0.4) is 0 Å². The van der Waals surface area contributed by atoms with Gasteiger partial charge < -0.3 is 10.5 Å². The first-order chi connectivity index (χ1) is 9.01. The molecular formula is C12H12ClN3O3. The molecule has 0 aliphatic rings. The van der Waals surface area contributed by atoms with Gasteiger partial charge in [0, 0.05) is 6.07 Å². The molecule has 19 heavy (non-hydrogen) atoms. The molecule has 6 nitrogen and oxygen atoms in total. The lowest BCUT2D eigenvalue weighted by Gasteiger charge is -2.10. The number of nitrogens with zero attached hydrogens (tertiary/aromatic N) is 1. The zero-order valence-corrected chi connectivity index (χ0v) is 10.9. The van der Waals surface area contributed by atoms with Crippen molar-refractivity contribution in [3.05, 3.63) is 55.7 Å². The predicted molar refractivity (Wildman–Crippen MR) is 72.8 cm³/mol. The fourth-order valence-electron chi connectivity index (χ4n) is 1.69. The van der Waals surface area contributed by atoms with Gasteiger partial charge in [-0.2, -0.15) is 0 Å². The van der Waals surface area contributed by atoms with Crippen molar-refractivity contribution in [2.45, 2.75) is 6.54 Å². The number of rotatable bonds is 3. The van der Waals surface area contributed by atoms with Crippen LogP contribution in [-0.4, -0.2) is 16.7 Å². The van der Waals surface area contributed by atoms with Gasteiger partial charge in [0.1, 0.15) is 11.6 Å². The van der Waals surface area contributed by atoms with Crippen LogP contribution in [0, 0.1) is 0 Å². The molecule has 0 bridgehead atoms. The highest BCUT2D eigenvalue weighted by Crippen LogP contribution is 2.25. The van der Waals surface area contributed by atoms with Crippen molar-refractivity contribution in [2.75, 3.05) is 12.8 Å². The summed E-state index contributed by atoms with van der Waals surface area (Å²) in [4.78, 5) is 24.9. The molecule has 3 N–H and O–H groups in total. The number of H-pyrrole nitrogens is 1. The van der Waals surface area contributed by atoms with Gasteiger partial charge in [-0.1, -0.05) is 17.7 Å². The number of anilines is 1. The van der Waals surface area contributed by atoms with Crippen LogP contribution < -0.4 is 21.7 Å². The first-order valence-electron chi connectivity index (χ1n) is 5.43. The highest BCUT2D eigenvalue weighted by Gasteiger charge is 2.06. The molecular weight excluding hydrogens is 270 g/mol. The Morgan fingerprint density at radius 2 is 2.11 bits per heavy atom. The molecule has 1 heterocycles. The molecule has 0 aliphatic carbocycles. The Balaban J connectivity index is 2.39. The van der Waals surface area contributed by atoms with Crippen molar-refractivity contribution in [3.63, 3.8) is 0 Å². The summed E-state index contributed by atoms with van der Waals surface area (Å²) < 4.78 is 6.29. The number of aromatic nitrogens is 2. The lowest BCUT2D eigenvalue weighted by Crippen LogP contribution is -2.31. The molecule has 2 rings (SSSR count). The van der Waals surface area contributed by atoms with E-state index in [9.17, 15) is 9.59 Å². The van der Waals surface area contributed by atoms with Crippen molar-refractivity contribution < 1.29 is 4.74 Å². The second-order valence-corrected chi connectivity index (χ2v) is 4.33. The van der Waals surface area contributed by atoms with Gasteiger partial charge in [-0.3, -0.25) is 14.3 Å². The number of benzene rings is 1. The Hall–Kier alpha value is -2.21. The molecule has 0 amide bonds. The van der Waals surface area contributed by atoms with E-state index in [4.69, 9.17) is 22.1 Å². The van der Waals surface area contributed by atoms with E-state index in [0.717, 1.165) is 11.6 Å². The predicted octanol–water partition coefficient (Wildman–Crippen LogP) is 0.829. The normalized spacial score (nSPS) is 10.4. The molecule has 0 radical (unpaired) electrons. The van der Waals surface area contributed by atoms with E-state index in [1.54, 1.807) is 18.2 Å². The van der Waals surface area contributed by atoms with E-state index in [0.29, 0.717) is 10.8 Å². The Kier molecular flexibility index (Phi) is 3.62. The average molecular weight is 282 g/mol. The molecule has 0 aliphatic heterocycles. The highest BCUT2D eigenvalue weighted by molar-refractivity contribution is 6.32. The number of hydrogen-bond acceptors (Lipinski definition) is 4. The SMILES string of the molecule is COc1ccc(Cn2c(N)cc(=O)[nH]c2=O)cc1Cl. The standard InChI is InChI=1S/C12H12ClN3O3/c1-19-9-3-2-7(4-8(9)13)6-16-10(14)5-11(17)15-12(16)18/h2-5H,6,14H2,1H3,(H,15,17,18). The van der Waals surface area contributed by atoms with Crippen LogP contribution in [0.2, 0.25) is 5.02 Å². The Morgan fingerprint density at radius 1 is 1.37 bits per heavy atom. The summed E-state index contributed by atoms with van der Waals surface area (Å²) in [6, 6.07) is 6.30. The molecule has 0 saturated carbocycles. The van der Waals surface area contributed by atoms with Crippen molar-refractivity contribution in [1.82, 2.24) is 9.55 Å². The molecule has 0 spiro atoms. The monoisotopic (exact) mass is 281 g/mol. The van der Waals surface area contributed by atoms with Gasteiger partial charge in [-0.15, -0.1) is 0 Å². The van der Waals surface area contributed by atoms with Crippen LogP contribution in [0.25, 0.3) is 0 Å². The molecule has 1 aromatic heterocycles. The van der Waals surface area contributed by atoms with Crippen LogP contribution in [0.4, 0.5) is 5.82 Å². The van der Waals surface area contributed by atoms with E-state index >= 15 is 0 Å². The molecule has 7 heteroatoms. The van der Waals surface area contributed by atoms with Gasteiger partial charge in [0.25, 0.3) is 5.56 Å². The molecule has 0 unspecified atom stereocenters. The minimum atomic E-state index is -0.558. The topological polar surface area (TPSA) is 90.1 Å². The van der Waals surface area contributed by atoms with Crippen molar-refractivity contribution in [3.8, 4) is 5.75 Å². The smallest absolute Gasteiger partial charge is 0.330 e. The second-order valence-electron chi connectivity index (χ2n) is 3.92. The third kappa shape index (κ3) is 2.79. The van der Waals surface area contributed by atoms with Crippen molar-refractivity contribution in [2.24, 2.45) is 0 Å². The average Bonchev–Trinajstić information content (AvgIpc) is 2.34. The maximum Gasteiger partial charge on any atom is 0.330 e. The third-order valence-electron chi connectivity index (χ3n) is 2.62. The minimum absolute atomic E-state index is 0.0979. The first kappa shape index (κ1) is 13.2. The Bertz CT molecular complexity index is 721. The summed E-state index contributed by atoms with van der Waals surface area (Å²) in [7, 11) is 1.52. The molecule has 100 valence electrons. The first-order valence-corrected chi connectivity index (χ1v) is 5.81. The number of nitrogen functional groups attached to an aromatic ring is 1. The fourth-order valence-corrected chi connectivity index (χ4v) is 1.97. The van der Waals surface area contributed by atoms with Crippen LogP contribution in [0.15, 0.2) is 33.9 Å². The summed E-state index contributed by atoms with van der Waals surface area (Å²) in [6.45, 7) is 0.213. The zero-order chi connectivity index (χ0) is 14.0. The number of halogens is 1. The second kappa shape index (κ2) is 5.19. The van der Waals surface area contributed by atoms with Crippen LogP contribution in [0.5, 0.6) is 5.75 Å². The number of ether oxygens (including phenoxy) is 1. The molecule has 0 atom stereocenters. The van der Waals surface area contributed by atoms with Gasteiger partial charge in [-0.25, -0.2) is 4.79 Å². The van der Waals surface area contributed by atoms with Crippen molar-refractivity contribution >= 4 is 17.4 Å². The minimum Gasteiger partial charge on any atom is -0.495 e. The quantitative estimate of drug-likeness (QED) is 0.872. The van der Waals surface area contributed by atoms with Gasteiger partial charge in [-0.05, 0) is 17.7 Å². The van der Waals surface area contributed by atoms with E-state index < -0.39 is 11.2 Å². The lowest BCUT2D eigenvalue weighted by atomic mass is 10.2. The number of nitrogens with two attached hydrogens (primary N) is 1. The van der Waals surface area contributed by atoms with Crippen LogP contribution in [-0.2, 0) is 6.54 Å². The molecule has 0 saturated heterocycles. The van der Waals surface area contributed by atoms with Gasteiger partial charge in [0.2, 0.25) is 0 Å².